The summed E-state index contributed by atoms with van der Waals surface area (Å²) >= 11 is 0. The van der Waals surface area contributed by atoms with Crippen LogP contribution in [-0.2, 0) is 9.53 Å². The van der Waals surface area contributed by atoms with Gasteiger partial charge in [0.25, 0.3) is 0 Å². The predicted octanol–water partition coefficient (Wildman–Crippen LogP) is 1.46. The van der Waals surface area contributed by atoms with Crippen molar-refractivity contribution >= 4 is 5.97 Å². The minimum absolute atomic E-state index is 0.0123. The van der Waals surface area contributed by atoms with E-state index >= 15 is 0 Å². The van der Waals surface area contributed by atoms with Gasteiger partial charge in [-0.25, -0.2) is 0 Å². The van der Waals surface area contributed by atoms with E-state index in [-0.39, 0.29) is 11.9 Å². The highest BCUT2D eigenvalue weighted by atomic mass is 16.6. The van der Waals surface area contributed by atoms with Crippen molar-refractivity contribution in [3.8, 4) is 5.75 Å². The molecule has 2 rings (SSSR count). The van der Waals surface area contributed by atoms with E-state index in [1.807, 2.05) is 30.3 Å². The molecule has 4 heteroatoms. The molecule has 1 saturated heterocycles. The molecule has 2 unspecified atom stereocenters. The molecule has 0 saturated carbocycles. The number of esters is 1. The summed E-state index contributed by atoms with van der Waals surface area (Å²) in [6.45, 7) is 4.37. The van der Waals surface area contributed by atoms with E-state index in [2.05, 4.69) is 12.2 Å². The molecule has 1 aromatic carbocycles. The van der Waals surface area contributed by atoms with Gasteiger partial charge in [-0.05, 0) is 24.6 Å². The highest BCUT2D eigenvalue weighted by molar-refractivity contribution is 5.73. The molecule has 0 radical (unpaired) electrons. The van der Waals surface area contributed by atoms with Crippen molar-refractivity contribution in [2.75, 3.05) is 26.3 Å². The third-order valence-corrected chi connectivity index (χ3v) is 3.16. The number of hydrogen-bond acceptors (Lipinski definition) is 4. The number of nitrogens with one attached hydrogen (secondary N) is 1. The maximum Gasteiger partial charge on any atom is 0.310 e. The van der Waals surface area contributed by atoms with Crippen molar-refractivity contribution < 1.29 is 14.3 Å². The lowest BCUT2D eigenvalue weighted by Gasteiger charge is -2.13. The summed E-state index contributed by atoms with van der Waals surface area (Å²) in [7, 11) is 0. The van der Waals surface area contributed by atoms with E-state index < -0.39 is 0 Å². The summed E-state index contributed by atoms with van der Waals surface area (Å²) in [6.07, 6.45) is 0. The molecule has 4 nitrogen and oxygen atoms in total. The average Bonchev–Trinajstić information content (AvgIpc) is 2.82. The van der Waals surface area contributed by atoms with Gasteiger partial charge in [0, 0.05) is 6.54 Å². The summed E-state index contributed by atoms with van der Waals surface area (Å²) in [4.78, 5) is 11.7. The molecule has 18 heavy (non-hydrogen) atoms. The van der Waals surface area contributed by atoms with Crippen molar-refractivity contribution in [2.45, 2.75) is 6.92 Å². The van der Waals surface area contributed by atoms with Crippen LogP contribution in [-0.4, -0.2) is 32.3 Å². The van der Waals surface area contributed by atoms with Gasteiger partial charge in [0.1, 0.15) is 19.0 Å². The smallest absolute Gasteiger partial charge is 0.310 e. The van der Waals surface area contributed by atoms with Gasteiger partial charge in [-0.3, -0.25) is 4.79 Å². The van der Waals surface area contributed by atoms with Crippen LogP contribution in [0.25, 0.3) is 0 Å². The Bertz CT molecular complexity index is 380. The second-order valence-electron chi connectivity index (χ2n) is 4.57. The fourth-order valence-corrected chi connectivity index (χ4v) is 2.05. The van der Waals surface area contributed by atoms with Crippen molar-refractivity contribution in [3.63, 3.8) is 0 Å². The lowest BCUT2D eigenvalue weighted by atomic mass is 9.99. The van der Waals surface area contributed by atoms with Crippen molar-refractivity contribution in [3.05, 3.63) is 30.3 Å². The van der Waals surface area contributed by atoms with Crippen LogP contribution in [0.3, 0.4) is 0 Å². The SMILES string of the molecule is CC1CNCC1C(=O)OCCOc1ccccc1. The summed E-state index contributed by atoms with van der Waals surface area (Å²) < 4.78 is 10.7. The summed E-state index contributed by atoms with van der Waals surface area (Å²) in [5, 5.41) is 3.19. The predicted molar refractivity (Wildman–Crippen MR) is 68.4 cm³/mol. The number of hydrogen-bond donors (Lipinski definition) is 1. The van der Waals surface area contributed by atoms with Crippen LogP contribution in [0, 0.1) is 11.8 Å². The highest BCUT2D eigenvalue weighted by Crippen LogP contribution is 2.17. The van der Waals surface area contributed by atoms with E-state index in [9.17, 15) is 4.79 Å². The van der Waals surface area contributed by atoms with Crippen molar-refractivity contribution in [2.24, 2.45) is 11.8 Å². The molecule has 0 aromatic heterocycles. The molecule has 1 N–H and O–H groups in total. The lowest BCUT2D eigenvalue weighted by molar-refractivity contribution is -0.149. The number of benzene rings is 1. The van der Waals surface area contributed by atoms with Gasteiger partial charge in [0.15, 0.2) is 0 Å². The lowest BCUT2D eigenvalue weighted by Crippen LogP contribution is -2.25. The zero-order valence-corrected chi connectivity index (χ0v) is 10.6. The molecule has 1 aliphatic rings. The molecular weight excluding hydrogens is 230 g/mol. The number of para-hydroxylation sites is 1. The van der Waals surface area contributed by atoms with E-state index in [4.69, 9.17) is 9.47 Å². The fraction of sp³-hybridized carbons (Fsp3) is 0.500. The molecule has 0 spiro atoms. The van der Waals surface area contributed by atoms with E-state index in [0.717, 1.165) is 18.8 Å². The topological polar surface area (TPSA) is 47.6 Å². The quantitative estimate of drug-likeness (QED) is 0.634. The molecule has 1 aliphatic heterocycles. The van der Waals surface area contributed by atoms with E-state index in [1.54, 1.807) is 0 Å². The minimum atomic E-state index is -0.121. The monoisotopic (exact) mass is 249 g/mol. The largest absolute Gasteiger partial charge is 0.490 e. The first-order valence-electron chi connectivity index (χ1n) is 6.32. The number of carbonyl (C=O) groups is 1. The Labute approximate surface area is 107 Å². The Morgan fingerprint density at radius 2 is 2.06 bits per heavy atom. The number of carbonyl (C=O) groups excluding carboxylic acids is 1. The van der Waals surface area contributed by atoms with Gasteiger partial charge >= 0.3 is 5.97 Å². The molecular formula is C14H19NO3. The molecule has 1 aromatic rings. The second kappa shape index (κ2) is 6.40. The van der Waals surface area contributed by atoms with Gasteiger partial charge in [-0.1, -0.05) is 25.1 Å². The maximum absolute atomic E-state index is 11.7. The van der Waals surface area contributed by atoms with Gasteiger partial charge < -0.3 is 14.8 Å². The third-order valence-electron chi connectivity index (χ3n) is 3.16. The molecule has 1 fully saturated rings. The maximum atomic E-state index is 11.7. The molecule has 1 heterocycles. The Kier molecular flexibility index (Phi) is 4.59. The molecule has 0 amide bonds. The molecule has 0 bridgehead atoms. The highest BCUT2D eigenvalue weighted by Gasteiger charge is 2.30. The standard InChI is InChI=1S/C14H19NO3/c1-11-9-15-10-13(11)14(16)18-8-7-17-12-5-3-2-4-6-12/h2-6,11,13,15H,7-10H2,1H3. The number of ether oxygens (including phenoxy) is 2. The van der Waals surface area contributed by atoms with E-state index in [0.29, 0.717) is 19.1 Å². The minimum Gasteiger partial charge on any atom is -0.490 e. The third kappa shape index (κ3) is 3.47. The van der Waals surface area contributed by atoms with Crippen LogP contribution in [0.4, 0.5) is 0 Å². The van der Waals surface area contributed by atoms with Crippen molar-refractivity contribution in [1.29, 1.82) is 0 Å². The van der Waals surface area contributed by atoms with Gasteiger partial charge in [-0.15, -0.1) is 0 Å². The first kappa shape index (κ1) is 12.9. The van der Waals surface area contributed by atoms with Crippen LogP contribution in [0.5, 0.6) is 5.75 Å². The van der Waals surface area contributed by atoms with Gasteiger partial charge in [0.2, 0.25) is 0 Å². The van der Waals surface area contributed by atoms with Crippen LogP contribution >= 0.6 is 0 Å². The van der Waals surface area contributed by atoms with Crippen LogP contribution < -0.4 is 10.1 Å². The zero-order chi connectivity index (χ0) is 12.8. The van der Waals surface area contributed by atoms with Gasteiger partial charge in [-0.2, -0.15) is 0 Å². The Morgan fingerprint density at radius 3 is 2.72 bits per heavy atom. The van der Waals surface area contributed by atoms with E-state index in [1.165, 1.54) is 0 Å². The molecule has 2 atom stereocenters. The average molecular weight is 249 g/mol. The summed E-state index contributed by atoms with van der Waals surface area (Å²) in [5.41, 5.74) is 0. The van der Waals surface area contributed by atoms with Crippen LogP contribution in [0.2, 0.25) is 0 Å². The summed E-state index contributed by atoms with van der Waals surface area (Å²) in [6, 6.07) is 9.51. The first-order valence-corrected chi connectivity index (χ1v) is 6.32. The normalized spacial score (nSPS) is 22.7. The van der Waals surface area contributed by atoms with Crippen LogP contribution in [0.15, 0.2) is 30.3 Å². The Morgan fingerprint density at radius 1 is 1.28 bits per heavy atom. The Hall–Kier alpha value is -1.55. The fourth-order valence-electron chi connectivity index (χ4n) is 2.05. The second-order valence-corrected chi connectivity index (χ2v) is 4.57. The molecule has 0 aliphatic carbocycles. The Balaban J connectivity index is 1.65. The van der Waals surface area contributed by atoms with Crippen LogP contribution in [0.1, 0.15) is 6.92 Å². The molecule has 98 valence electrons. The zero-order valence-electron chi connectivity index (χ0n) is 10.6. The first-order chi connectivity index (χ1) is 8.77. The van der Waals surface area contributed by atoms with Gasteiger partial charge in [0.05, 0.1) is 5.92 Å². The summed E-state index contributed by atoms with van der Waals surface area (Å²) in [5.74, 6) is 1.02. The number of rotatable bonds is 5. The van der Waals surface area contributed by atoms with Crippen molar-refractivity contribution in [1.82, 2.24) is 5.32 Å².